The van der Waals surface area contributed by atoms with Gasteiger partial charge in [-0.1, -0.05) is 13.0 Å². The zero-order valence-electron chi connectivity index (χ0n) is 16.3. The molecule has 148 valence electrons. The van der Waals surface area contributed by atoms with Gasteiger partial charge in [0, 0.05) is 36.9 Å². The third kappa shape index (κ3) is 3.12. The number of hydrogen-bond acceptors (Lipinski definition) is 3. The Morgan fingerprint density at radius 1 is 1.28 bits per heavy atom. The first-order valence-electron chi connectivity index (χ1n) is 10.0. The Labute approximate surface area is 168 Å². The van der Waals surface area contributed by atoms with Gasteiger partial charge in [-0.3, -0.25) is 14.5 Å². The summed E-state index contributed by atoms with van der Waals surface area (Å²) in [5.41, 5.74) is 3.66. The third-order valence-corrected chi connectivity index (χ3v) is 5.82. The van der Waals surface area contributed by atoms with E-state index in [0.29, 0.717) is 24.6 Å². The van der Waals surface area contributed by atoms with Gasteiger partial charge in [0.15, 0.2) is 0 Å². The second-order valence-corrected chi connectivity index (χ2v) is 7.87. The van der Waals surface area contributed by atoms with Crippen LogP contribution in [0.5, 0.6) is 0 Å². The highest BCUT2D eigenvalue weighted by Gasteiger charge is 2.31. The highest BCUT2D eigenvalue weighted by atomic mass is 16.2. The molecule has 29 heavy (non-hydrogen) atoms. The molecule has 1 atom stereocenters. The number of carbonyl (C=O) groups is 2. The van der Waals surface area contributed by atoms with Crippen LogP contribution in [0.15, 0.2) is 42.7 Å². The average Bonchev–Trinajstić information content (AvgIpc) is 3.20. The van der Waals surface area contributed by atoms with E-state index in [9.17, 15) is 9.59 Å². The van der Waals surface area contributed by atoms with Crippen molar-refractivity contribution in [3.8, 4) is 0 Å². The summed E-state index contributed by atoms with van der Waals surface area (Å²) >= 11 is 0. The molecule has 3 aromatic heterocycles. The number of carbonyl (C=O) groups excluding carboxylic acids is 2. The summed E-state index contributed by atoms with van der Waals surface area (Å²) in [6.07, 6.45) is 8.70. The number of H-pyrrole nitrogens is 2. The van der Waals surface area contributed by atoms with Crippen LogP contribution in [-0.4, -0.2) is 51.3 Å². The molecule has 0 radical (unpaired) electrons. The molecule has 1 saturated carbocycles. The first-order valence-corrected chi connectivity index (χ1v) is 10.0. The van der Waals surface area contributed by atoms with Gasteiger partial charge in [-0.15, -0.1) is 0 Å². The van der Waals surface area contributed by atoms with Crippen molar-refractivity contribution < 1.29 is 9.59 Å². The van der Waals surface area contributed by atoms with Crippen molar-refractivity contribution in [1.29, 1.82) is 0 Å². The first kappa shape index (κ1) is 17.7. The highest BCUT2D eigenvalue weighted by molar-refractivity contribution is 5.96. The number of hydrogen-bond donors (Lipinski definition) is 2. The molecule has 1 unspecified atom stereocenters. The Bertz CT molecular complexity index is 1090. The molecule has 0 spiro atoms. The van der Waals surface area contributed by atoms with E-state index in [0.717, 1.165) is 35.8 Å². The molecule has 0 saturated heterocycles. The van der Waals surface area contributed by atoms with E-state index in [1.807, 2.05) is 29.3 Å². The predicted octanol–water partition coefficient (Wildman–Crippen LogP) is 3.19. The first-order chi connectivity index (χ1) is 14.2. The molecule has 2 amide bonds. The van der Waals surface area contributed by atoms with Crippen molar-refractivity contribution >= 4 is 34.7 Å². The van der Waals surface area contributed by atoms with E-state index in [1.165, 1.54) is 5.57 Å². The lowest BCUT2D eigenvalue weighted by Gasteiger charge is -2.31. The number of anilines is 1. The van der Waals surface area contributed by atoms with E-state index in [4.69, 9.17) is 0 Å². The van der Waals surface area contributed by atoms with Gasteiger partial charge in [-0.2, -0.15) is 0 Å². The molecule has 3 aromatic rings. The van der Waals surface area contributed by atoms with Gasteiger partial charge in [0.05, 0.1) is 0 Å². The van der Waals surface area contributed by atoms with Crippen molar-refractivity contribution in [3.63, 3.8) is 0 Å². The van der Waals surface area contributed by atoms with Crippen LogP contribution in [0, 0.1) is 5.92 Å². The molecule has 1 fully saturated rings. The molecule has 7 nitrogen and oxygen atoms in total. The number of aromatic amines is 2. The Morgan fingerprint density at radius 3 is 2.83 bits per heavy atom. The summed E-state index contributed by atoms with van der Waals surface area (Å²) in [4.78, 5) is 38.8. The summed E-state index contributed by atoms with van der Waals surface area (Å²) in [6.45, 7) is 3.34. The molecule has 1 aliphatic carbocycles. The number of rotatable bonds is 5. The molecule has 0 bridgehead atoms. The van der Waals surface area contributed by atoms with Gasteiger partial charge >= 0.3 is 0 Å². The molecule has 7 heteroatoms. The third-order valence-electron chi connectivity index (χ3n) is 5.82. The standard InChI is InChI=1S/C22H23N5O2/c1-14-12-26(22(29)19-3-2-8-23-19)10-7-16(14)18-11-20(27(13-28)15-4-5-15)25-21-17(18)6-9-24-21/h2-3,6-9,11,13-15,23H,4-5,10,12H2,1H3,(H,24,25). The maximum atomic E-state index is 12.7. The smallest absolute Gasteiger partial charge is 0.270 e. The number of nitrogens with zero attached hydrogens (tertiary/aromatic N) is 3. The quantitative estimate of drug-likeness (QED) is 0.657. The lowest BCUT2D eigenvalue weighted by atomic mass is 9.89. The summed E-state index contributed by atoms with van der Waals surface area (Å²) in [5.74, 6) is 0.868. The van der Waals surface area contributed by atoms with Gasteiger partial charge in [0.25, 0.3) is 5.91 Å². The summed E-state index contributed by atoms with van der Waals surface area (Å²) < 4.78 is 0. The minimum Gasteiger partial charge on any atom is -0.357 e. The second-order valence-electron chi connectivity index (χ2n) is 7.87. The fraction of sp³-hybridized carbons (Fsp3) is 0.318. The number of pyridine rings is 1. The second kappa shape index (κ2) is 6.92. The lowest BCUT2D eigenvalue weighted by molar-refractivity contribution is -0.107. The van der Waals surface area contributed by atoms with Crippen molar-refractivity contribution in [2.24, 2.45) is 5.92 Å². The van der Waals surface area contributed by atoms with Gasteiger partial charge in [0.2, 0.25) is 6.41 Å². The summed E-state index contributed by atoms with van der Waals surface area (Å²) in [7, 11) is 0. The zero-order chi connectivity index (χ0) is 20.0. The predicted molar refractivity (Wildman–Crippen MR) is 111 cm³/mol. The minimum absolute atomic E-state index is 0.0141. The van der Waals surface area contributed by atoms with Crippen LogP contribution in [0.1, 0.15) is 35.8 Å². The van der Waals surface area contributed by atoms with Crippen LogP contribution in [0.3, 0.4) is 0 Å². The largest absolute Gasteiger partial charge is 0.357 e. The Hall–Kier alpha value is -3.35. The lowest BCUT2D eigenvalue weighted by Crippen LogP contribution is -2.38. The van der Waals surface area contributed by atoms with Crippen LogP contribution in [0.25, 0.3) is 16.6 Å². The van der Waals surface area contributed by atoms with Crippen molar-refractivity contribution in [2.75, 3.05) is 18.0 Å². The number of amides is 2. The van der Waals surface area contributed by atoms with Gasteiger partial charge < -0.3 is 14.9 Å². The Balaban J connectivity index is 1.51. The van der Waals surface area contributed by atoms with E-state index in [-0.39, 0.29) is 17.9 Å². The van der Waals surface area contributed by atoms with Gasteiger partial charge in [-0.05, 0) is 54.2 Å². The highest BCUT2D eigenvalue weighted by Crippen LogP contribution is 2.36. The average molecular weight is 389 g/mol. The maximum absolute atomic E-state index is 12.7. The van der Waals surface area contributed by atoms with Gasteiger partial charge in [-0.25, -0.2) is 4.98 Å². The number of nitrogens with one attached hydrogen (secondary N) is 2. The number of aromatic nitrogens is 3. The maximum Gasteiger partial charge on any atom is 0.270 e. The summed E-state index contributed by atoms with van der Waals surface area (Å²) in [6, 6.07) is 7.94. The van der Waals surface area contributed by atoms with Crippen LogP contribution >= 0.6 is 0 Å². The fourth-order valence-corrected chi connectivity index (χ4v) is 4.16. The topological polar surface area (TPSA) is 85.1 Å². The van der Waals surface area contributed by atoms with Gasteiger partial charge in [0.1, 0.15) is 17.2 Å². The van der Waals surface area contributed by atoms with Crippen LogP contribution in [0.4, 0.5) is 5.82 Å². The Morgan fingerprint density at radius 2 is 2.14 bits per heavy atom. The van der Waals surface area contributed by atoms with E-state index >= 15 is 0 Å². The van der Waals surface area contributed by atoms with Crippen LogP contribution < -0.4 is 4.90 Å². The van der Waals surface area contributed by atoms with Crippen molar-refractivity contribution in [2.45, 2.75) is 25.8 Å². The monoisotopic (exact) mass is 389 g/mol. The zero-order valence-corrected chi connectivity index (χ0v) is 16.3. The SMILES string of the molecule is CC1CN(C(=O)c2ccc[nH]2)CC=C1c1cc(N(C=O)C2CC2)nc2[nH]ccc12. The molecule has 4 heterocycles. The normalized spacial score (nSPS) is 19.3. The molecular weight excluding hydrogens is 366 g/mol. The minimum atomic E-state index is 0.0141. The van der Waals surface area contributed by atoms with Crippen molar-refractivity contribution in [1.82, 2.24) is 19.9 Å². The molecule has 0 aromatic carbocycles. The molecule has 1 aliphatic heterocycles. The fourth-order valence-electron chi connectivity index (χ4n) is 4.16. The number of fused-ring (bicyclic) bond motifs is 1. The molecule has 5 rings (SSSR count). The van der Waals surface area contributed by atoms with Crippen LogP contribution in [0.2, 0.25) is 0 Å². The Kier molecular flexibility index (Phi) is 4.23. The van der Waals surface area contributed by atoms with E-state index < -0.39 is 0 Å². The molecular formula is C22H23N5O2. The van der Waals surface area contributed by atoms with E-state index in [2.05, 4.69) is 28.0 Å². The van der Waals surface area contributed by atoms with Crippen molar-refractivity contribution in [3.05, 3.63) is 54.0 Å². The van der Waals surface area contributed by atoms with E-state index in [1.54, 1.807) is 17.2 Å². The molecule has 2 N–H and O–H groups in total. The molecule has 2 aliphatic rings. The van der Waals surface area contributed by atoms with Crippen LogP contribution in [-0.2, 0) is 4.79 Å². The summed E-state index contributed by atoms with van der Waals surface area (Å²) in [5, 5.41) is 1.04.